The third-order valence-corrected chi connectivity index (χ3v) is 3.56. The summed E-state index contributed by atoms with van der Waals surface area (Å²) in [4.78, 5) is 0. The van der Waals surface area contributed by atoms with Gasteiger partial charge in [-0.3, -0.25) is 5.32 Å². The molecule has 6 heteroatoms. The van der Waals surface area contributed by atoms with Gasteiger partial charge < -0.3 is 14.6 Å². The number of nitriles is 1. The van der Waals surface area contributed by atoms with Crippen molar-refractivity contribution in [1.82, 2.24) is 5.32 Å². The minimum Gasteiger partial charge on any atom is -0.490 e. The monoisotopic (exact) mass is 340 g/mol. The second-order valence-corrected chi connectivity index (χ2v) is 5.33. The summed E-state index contributed by atoms with van der Waals surface area (Å²) in [5, 5.41) is 21.2. The van der Waals surface area contributed by atoms with Crippen molar-refractivity contribution >= 4 is 15.9 Å². The predicted octanol–water partition coefficient (Wildman–Crippen LogP) is 2.15. The Labute approximate surface area is 126 Å². The molecule has 0 spiro atoms. The number of ether oxygens (including phenoxy) is 2. The maximum absolute atomic E-state index is 9.27. The molecule has 1 aromatic rings. The Kier molecular flexibility index (Phi) is 5.65. The quantitative estimate of drug-likeness (QED) is 0.803. The fourth-order valence-corrected chi connectivity index (χ4v) is 2.56. The van der Waals surface area contributed by atoms with Crippen LogP contribution in [0.25, 0.3) is 0 Å². The highest BCUT2D eigenvalue weighted by atomic mass is 79.9. The highest BCUT2D eigenvalue weighted by molar-refractivity contribution is 9.10. The summed E-state index contributed by atoms with van der Waals surface area (Å²) < 4.78 is 12.1. The summed E-state index contributed by atoms with van der Waals surface area (Å²) in [5.74, 6) is 1.36. The molecule has 1 aromatic carbocycles. The number of hydrogen-bond acceptors (Lipinski definition) is 5. The molecule has 1 aliphatic rings. The lowest BCUT2D eigenvalue weighted by Crippen LogP contribution is -2.22. The summed E-state index contributed by atoms with van der Waals surface area (Å²) in [7, 11) is 0. The van der Waals surface area contributed by atoms with Gasteiger partial charge in [0.1, 0.15) is 6.04 Å². The maximum Gasteiger partial charge on any atom is 0.175 e. The summed E-state index contributed by atoms with van der Waals surface area (Å²) in [6, 6.07) is 5.49. The van der Waals surface area contributed by atoms with Crippen molar-refractivity contribution in [3.63, 3.8) is 0 Å². The number of halogens is 1. The Balaban J connectivity index is 2.21. The van der Waals surface area contributed by atoms with E-state index in [1.165, 1.54) is 0 Å². The summed E-state index contributed by atoms with van der Waals surface area (Å²) in [5.41, 5.74) is 0.821. The van der Waals surface area contributed by atoms with Gasteiger partial charge in [0.25, 0.3) is 0 Å². The average molecular weight is 341 g/mol. The van der Waals surface area contributed by atoms with Gasteiger partial charge in [-0.1, -0.05) is 0 Å². The lowest BCUT2D eigenvalue weighted by molar-refractivity contribution is 0.285. The van der Waals surface area contributed by atoms with E-state index in [1.54, 1.807) is 0 Å². The summed E-state index contributed by atoms with van der Waals surface area (Å²) >= 11 is 3.46. The van der Waals surface area contributed by atoms with Gasteiger partial charge in [-0.05, 0) is 46.6 Å². The number of rotatable bonds is 5. The molecule has 0 fully saturated rings. The van der Waals surface area contributed by atoms with Gasteiger partial charge in [0.05, 0.1) is 23.8 Å². The van der Waals surface area contributed by atoms with E-state index in [9.17, 15) is 5.26 Å². The second kappa shape index (κ2) is 7.48. The molecule has 1 heterocycles. The first-order chi connectivity index (χ1) is 9.76. The van der Waals surface area contributed by atoms with Gasteiger partial charge in [-0.25, -0.2) is 0 Å². The summed E-state index contributed by atoms with van der Waals surface area (Å²) in [6.07, 6.45) is 1.46. The molecule has 108 valence electrons. The Morgan fingerprint density at radius 2 is 2.20 bits per heavy atom. The molecule has 2 rings (SSSR count). The third-order valence-electron chi connectivity index (χ3n) is 2.97. The fourth-order valence-electron chi connectivity index (χ4n) is 1.98. The molecule has 5 nitrogen and oxygen atoms in total. The number of aliphatic hydroxyl groups is 1. The van der Waals surface area contributed by atoms with Crippen LogP contribution in [0.4, 0.5) is 0 Å². The molecular weight excluding hydrogens is 324 g/mol. The number of nitrogens with one attached hydrogen (secondary N) is 1. The minimum absolute atomic E-state index is 0.107. The first kappa shape index (κ1) is 15.1. The SMILES string of the molecule is N#CC(NCCCO)c1cc(Br)c2c(c1)OCCCO2. The van der Waals surface area contributed by atoms with E-state index in [0.29, 0.717) is 37.7 Å². The molecule has 20 heavy (non-hydrogen) atoms. The van der Waals surface area contributed by atoms with Crippen LogP contribution >= 0.6 is 15.9 Å². The zero-order chi connectivity index (χ0) is 14.4. The fraction of sp³-hybridized carbons (Fsp3) is 0.500. The zero-order valence-electron chi connectivity index (χ0n) is 11.1. The van der Waals surface area contributed by atoms with E-state index in [-0.39, 0.29) is 6.61 Å². The van der Waals surface area contributed by atoms with Crippen LogP contribution in [-0.4, -0.2) is 31.5 Å². The normalized spacial score (nSPS) is 15.2. The molecule has 1 unspecified atom stereocenters. The smallest absolute Gasteiger partial charge is 0.175 e. The molecule has 0 bridgehead atoms. The number of nitrogens with zero attached hydrogens (tertiary/aromatic N) is 1. The number of aliphatic hydroxyl groups excluding tert-OH is 1. The zero-order valence-corrected chi connectivity index (χ0v) is 12.6. The van der Waals surface area contributed by atoms with E-state index >= 15 is 0 Å². The average Bonchev–Trinajstić information content (AvgIpc) is 2.69. The van der Waals surface area contributed by atoms with Gasteiger partial charge in [0, 0.05) is 13.0 Å². The van der Waals surface area contributed by atoms with Crippen molar-refractivity contribution in [2.45, 2.75) is 18.9 Å². The number of benzene rings is 1. The number of fused-ring (bicyclic) bond motifs is 1. The lowest BCUT2D eigenvalue weighted by atomic mass is 10.1. The Morgan fingerprint density at radius 3 is 2.95 bits per heavy atom. The van der Waals surface area contributed by atoms with Gasteiger partial charge in [0.15, 0.2) is 11.5 Å². The third kappa shape index (κ3) is 3.63. The van der Waals surface area contributed by atoms with Gasteiger partial charge in [0.2, 0.25) is 0 Å². The predicted molar refractivity (Wildman–Crippen MR) is 77.8 cm³/mol. The van der Waals surface area contributed by atoms with E-state index < -0.39 is 6.04 Å². The van der Waals surface area contributed by atoms with Crippen molar-refractivity contribution in [2.24, 2.45) is 0 Å². The van der Waals surface area contributed by atoms with Crippen LogP contribution in [0.15, 0.2) is 16.6 Å². The molecule has 0 saturated carbocycles. The molecule has 0 saturated heterocycles. The van der Waals surface area contributed by atoms with Gasteiger partial charge in [-0.2, -0.15) is 5.26 Å². The van der Waals surface area contributed by atoms with Crippen LogP contribution in [0, 0.1) is 11.3 Å². The van der Waals surface area contributed by atoms with Gasteiger partial charge in [-0.15, -0.1) is 0 Å². The van der Waals surface area contributed by atoms with Crippen LogP contribution in [0.5, 0.6) is 11.5 Å². The standard InChI is InChI=1S/C14H17BrN2O3/c15-11-7-10(12(9-16)17-3-1-4-18)8-13-14(11)20-6-2-5-19-13/h7-8,12,17-18H,1-6H2. The van der Waals surface area contributed by atoms with E-state index in [2.05, 4.69) is 27.3 Å². The molecule has 0 aromatic heterocycles. The van der Waals surface area contributed by atoms with Crippen LogP contribution in [0.3, 0.4) is 0 Å². The molecule has 1 aliphatic heterocycles. The van der Waals surface area contributed by atoms with Crippen molar-refractivity contribution in [2.75, 3.05) is 26.4 Å². The van der Waals surface area contributed by atoms with E-state index in [0.717, 1.165) is 16.5 Å². The highest BCUT2D eigenvalue weighted by Gasteiger charge is 2.19. The molecule has 0 amide bonds. The molecule has 1 atom stereocenters. The number of hydrogen-bond donors (Lipinski definition) is 2. The first-order valence-corrected chi connectivity index (χ1v) is 7.38. The molecular formula is C14H17BrN2O3. The molecule has 0 radical (unpaired) electrons. The molecule has 0 aliphatic carbocycles. The maximum atomic E-state index is 9.27. The Hall–Kier alpha value is -1.29. The van der Waals surface area contributed by atoms with Gasteiger partial charge >= 0.3 is 0 Å². The van der Waals surface area contributed by atoms with E-state index in [1.807, 2.05) is 12.1 Å². The van der Waals surface area contributed by atoms with Crippen LogP contribution in [0.1, 0.15) is 24.4 Å². The highest BCUT2D eigenvalue weighted by Crippen LogP contribution is 2.39. The minimum atomic E-state index is -0.435. The van der Waals surface area contributed by atoms with Crippen molar-refractivity contribution < 1.29 is 14.6 Å². The van der Waals surface area contributed by atoms with E-state index in [4.69, 9.17) is 14.6 Å². The van der Waals surface area contributed by atoms with Crippen LogP contribution < -0.4 is 14.8 Å². The second-order valence-electron chi connectivity index (χ2n) is 4.47. The van der Waals surface area contributed by atoms with Crippen molar-refractivity contribution in [3.05, 3.63) is 22.2 Å². The summed E-state index contributed by atoms with van der Waals surface area (Å²) in [6.45, 7) is 1.93. The first-order valence-electron chi connectivity index (χ1n) is 6.59. The van der Waals surface area contributed by atoms with Crippen molar-refractivity contribution in [1.29, 1.82) is 5.26 Å². The Morgan fingerprint density at radius 1 is 1.40 bits per heavy atom. The Bertz CT molecular complexity index is 502. The van der Waals surface area contributed by atoms with Crippen LogP contribution in [0.2, 0.25) is 0 Å². The van der Waals surface area contributed by atoms with Crippen molar-refractivity contribution in [3.8, 4) is 17.6 Å². The molecule has 2 N–H and O–H groups in total. The largest absolute Gasteiger partial charge is 0.490 e. The van der Waals surface area contributed by atoms with Crippen LogP contribution in [-0.2, 0) is 0 Å². The lowest BCUT2D eigenvalue weighted by Gasteiger charge is -2.15. The topological polar surface area (TPSA) is 74.5 Å².